The molecule has 0 spiro atoms. The molecule has 2 heterocycles. The summed E-state index contributed by atoms with van der Waals surface area (Å²) in [5, 5.41) is 9.98. The van der Waals surface area contributed by atoms with Gasteiger partial charge in [-0.15, -0.1) is 0 Å². The van der Waals surface area contributed by atoms with Crippen molar-refractivity contribution in [3.05, 3.63) is 65.5 Å². The zero-order valence-electron chi connectivity index (χ0n) is 15.4. The van der Waals surface area contributed by atoms with Gasteiger partial charge in [0.25, 0.3) is 0 Å². The van der Waals surface area contributed by atoms with Gasteiger partial charge in [0.2, 0.25) is 5.13 Å². The molecule has 142 valence electrons. The highest BCUT2D eigenvalue weighted by Gasteiger charge is 2.20. The van der Waals surface area contributed by atoms with E-state index in [0.717, 1.165) is 55.4 Å². The Morgan fingerprint density at radius 3 is 2.61 bits per heavy atom. The third kappa shape index (κ3) is 4.35. The first kappa shape index (κ1) is 18.5. The van der Waals surface area contributed by atoms with Crippen LogP contribution in [0.15, 0.2) is 48.5 Å². The maximum Gasteiger partial charge on any atom is 0.205 e. The van der Waals surface area contributed by atoms with Gasteiger partial charge in [-0.3, -0.25) is 4.90 Å². The Morgan fingerprint density at radius 2 is 1.86 bits per heavy atom. The van der Waals surface area contributed by atoms with Crippen LogP contribution in [-0.2, 0) is 6.42 Å². The van der Waals surface area contributed by atoms with Gasteiger partial charge in [0, 0.05) is 49.8 Å². The number of hydrogen-bond donors (Lipinski definition) is 0. The van der Waals surface area contributed by atoms with Gasteiger partial charge < -0.3 is 4.90 Å². The highest BCUT2D eigenvalue weighted by molar-refractivity contribution is 7.09. The Balaban J connectivity index is 1.32. The van der Waals surface area contributed by atoms with Crippen molar-refractivity contribution in [3.63, 3.8) is 0 Å². The van der Waals surface area contributed by atoms with Crippen molar-refractivity contribution < 1.29 is 4.39 Å². The van der Waals surface area contributed by atoms with E-state index in [4.69, 9.17) is 5.26 Å². The van der Waals surface area contributed by atoms with Crippen molar-refractivity contribution in [2.45, 2.75) is 6.42 Å². The molecule has 0 N–H and O–H groups in total. The van der Waals surface area contributed by atoms with E-state index in [2.05, 4.69) is 25.2 Å². The van der Waals surface area contributed by atoms with Crippen molar-refractivity contribution >= 4 is 16.7 Å². The summed E-state index contributed by atoms with van der Waals surface area (Å²) in [7, 11) is 0. The predicted molar refractivity (Wildman–Crippen MR) is 109 cm³/mol. The molecule has 0 amide bonds. The molecule has 0 unspecified atom stereocenters. The van der Waals surface area contributed by atoms with Crippen LogP contribution >= 0.6 is 11.5 Å². The van der Waals surface area contributed by atoms with Gasteiger partial charge >= 0.3 is 0 Å². The van der Waals surface area contributed by atoms with Crippen LogP contribution in [0.4, 0.5) is 9.52 Å². The standard InChI is InChI=1S/C21H20FN5S/c22-19-6-4-16(5-7-19)8-9-26-10-12-27(13-11-26)21-24-20(25-28-21)18-3-1-2-17(14-18)15-23/h1-7,14H,8-13H2. The number of rotatable bonds is 5. The molecular weight excluding hydrogens is 373 g/mol. The Bertz CT molecular complexity index is 971. The topological polar surface area (TPSA) is 56.1 Å². The van der Waals surface area contributed by atoms with Crippen LogP contribution in [0.1, 0.15) is 11.1 Å². The predicted octanol–water partition coefficient (Wildman–Crippen LogP) is 3.58. The summed E-state index contributed by atoms with van der Waals surface area (Å²) in [5.74, 6) is 0.490. The summed E-state index contributed by atoms with van der Waals surface area (Å²) in [6, 6.07) is 16.3. The third-order valence-electron chi connectivity index (χ3n) is 4.94. The molecule has 5 nitrogen and oxygen atoms in total. The second-order valence-corrected chi connectivity index (χ2v) is 7.53. The Kier molecular flexibility index (Phi) is 5.60. The van der Waals surface area contributed by atoms with Crippen LogP contribution < -0.4 is 4.90 Å². The minimum absolute atomic E-state index is 0.187. The fourth-order valence-corrected chi connectivity index (χ4v) is 4.03. The molecule has 1 aromatic heterocycles. The smallest absolute Gasteiger partial charge is 0.205 e. The SMILES string of the molecule is N#Cc1cccc(-c2nsc(N3CCN(CCc4ccc(F)cc4)CC3)n2)c1. The maximum absolute atomic E-state index is 13.0. The summed E-state index contributed by atoms with van der Waals surface area (Å²) in [6.07, 6.45) is 0.929. The molecule has 0 atom stereocenters. The van der Waals surface area contributed by atoms with Crippen LogP contribution in [0.2, 0.25) is 0 Å². The number of piperazine rings is 1. The summed E-state index contributed by atoms with van der Waals surface area (Å²) < 4.78 is 17.5. The van der Waals surface area contributed by atoms with Crippen LogP contribution in [-0.4, -0.2) is 47.0 Å². The average Bonchev–Trinajstić information content (AvgIpc) is 3.24. The summed E-state index contributed by atoms with van der Waals surface area (Å²) in [6.45, 7) is 4.74. The molecule has 0 bridgehead atoms. The van der Waals surface area contributed by atoms with E-state index in [1.165, 1.54) is 23.7 Å². The number of anilines is 1. The summed E-state index contributed by atoms with van der Waals surface area (Å²) in [4.78, 5) is 9.37. The van der Waals surface area contributed by atoms with Crippen molar-refractivity contribution in [1.82, 2.24) is 14.3 Å². The molecule has 0 saturated carbocycles. The molecule has 28 heavy (non-hydrogen) atoms. The fraction of sp³-hybridized carbons (Fsp3) is 0.286. The normalized spacial score (nSPS) is 14.8. The molecule has 1 aliphatic rings. The lowest BCUT2D eigenvalue weighted by Gasteiger charge is -2.34. The molecule has 0 radical (unpaired) electrons. The zero-order chi connectivity index (χ0) is 19.3. The van der Waals surface area contributed by atoms with Crippen LogP contribution in [0, 0.1) is 17.1 Å². The van der Waals surface area contributed by atoms with Gasteiger partial charge in [-0.1, -0.05) is 24.3 Å². The monoisotopic (exact) mass is 393 g/mol. The Morgan fingerprint density at radius 1 is 1.07 bits per heavy atom. The van der Waals surface area contributed by atoms with E-state index in [9.17, 15) is 4.39 Å². The number of halogens is 1. The number of nitriles is 1. The molecule has 4 rings (SSSR count). The molecule has 3 aromatic rings. The van der Waals surface area contributed by atoms with Crippen molar-refractivity contribution in [2.75, 3.05) is 37.6 Å². The molecule has 1 aliphatic heterocycles. The van der Waals surface area contributed by atoms with Crippen LogP contribution in [0.5, 0.6) is 0 Å². The quantitative estimate of drug-likeness (QED) is 0.663. The Labute approximate surface area is 167 Å². The molecule has 1 saturated heterocycles. The molecule has 2 aromatic carbocycles. The van der Waals surface area contributed by atoms with Gasteiger partial charge in [0.15, 0.2) is 5.82 Å². The highest BCUT2D eigenvalue weighted by atomic mass is 32.1. The second kappa shape index (κ2) is 8.46. The lowest BCUT2D eigenvalue weighted by atomic mass is 10.1. The van der Waals surface area contributed by atoms with Crippen molar-refractivity contribution in [3.8, 4) is 17.5 Å². The largest absolute Gasteiger partial charge is 0.344 e. The van der Waals surface area contributed by atoms with Crippen LogP contribution in [0.3, 0.4) is 0 Å². The molecule has 1 fully saturated rings. The van der Waals surface area contributed by atoms with Gasteiger partial charge in [0.1, 0.15) is 5.82 Å². The summed E-state index contributed by atoms with van der Waals surface area (Å²) in [5.41, 5.74) is 2.65. The lowest BCUT2D eigenvalue weighted by molar-refractivity contribution is 0.261. The number of nitrogens with zero attached hydrogens (tertiary/aromatic N) is 5. The van der Waals surface area contributed by atoms with Gasteiger partial charge in [-0.05, 0) is 36.2 Å². The van der Waals surface area contributed by atoms with Crippen molar-refractivity contribution in [1.29, 1.82) is 5.26 Å². The minimum atomic E-state index is -0.187. The zero-order valence-corrected chi connectivity index (χ0v) is 16.2. The fourth-order valence-electron chi connectivity index (χ4n) is 3.29. The maximum atomic E-state index is 13.0. The van der Waals surface area contributed by atoms with E-state index in [-0.39, 0.29) is 5.82 Å². The first-order valence-corrected chi connectivity index (χ1v) is 10.0. The van der Waals surface area contributed by atoms with Gasteiger partial charge in [-0.2, -0.15) is 14.6 Å². The van der Waals surface area contributed by atoms with E-state index >= 15 is 0 Å². The van der Waals surface area contributed by atoms with Gasteiger partial charge in [0.05, 0.1) is 11.6 Å². The molecule has 7 heteroatoms. The van der Waals surface area contributed by atoms with E-state index in [1.807, 2.05) is 30.3 Å². The van der Waals surface area contributed by atoms with E-state index < -0.39 is 0 Å². The van der Waals surface area contributed by atoms with E-state index in [1.54, 1.807) is 6.07 Å². The third-order valence-corrected chi connectivity index (χ3v) is 5.71. The summed E-state index contributed by atoms with van der Waals surface area (Å²) >= 11 is 1.41. The first-order valence-electron chi connectivity index (χ1n) is 9.27. The minimum Gasteiger partial charge on any atom is -0.344 e. The van der Waals surface area contributed by atoms with E-state index in [0.29, 0.717) is 11.4 Å². The molecule has 0 aliphatic carbocycles. The lowest BCUT2D eigenvalue weighted by Crippen LogP contribution is -2.47. The van der Waals surface area contributed by atoms with Crippen molar-refractivity contribution in [2.24, 2.45) is 0 Å². The number of aromatic nitrogens is 2. The average molecular weight is 393 g/mol. The van der Waals surface area contributed by atoms with Crippen LogP contribution in [0.25, 0.3) is 11.4 Å². The second-order valence-electron chi connectivity index (χ2n) is 6.80. The Hall–Kier alpha value is -2.82. The number of hydrogen-bond acceptors (Lipinski definition) is 6. The number of benzene rings is 2. The first-order chi connectivity index (χ1) is 13.7. The van der Waals surface area contributed by atoms with Gasteiger partial charge in [-0.25, -0.2) is 4.39 Å². The molecular formula is C21H20FN5S. The highest BCUT2D eigenvalue weighted by Crippen LogP contribution is 2.25.